The first-order valence-corrected chi connectivity index (χ1v) is 11.5. The maximum atomic E-state index is 13.8. The van der Waals surface area contributed by atoms with Crippen LogP contribution in [0.1, 0.15) is 16.9 Å². The van der Waals surface area contributed by atoms with Gasteiger partial charge in [0, 0.05) is 24.3 Å². The lowest BCUT2D eigenvalue weighted by Gasteiger charge is -2.18. The highest BCUT2D eigenvalue weighted by Gasteiger charge is 2.23. The van der Waals surface area contributed by atoms with Gasteiger partial charge in [-0.2, -0.15) is 0 Å². The maximum Gasteiger partial charge on any atom is 0.278 e. The van der Waals surface area contributed by atoms with Gasteiger partial charge in [-0.3, -0.25) is 14.5 Å². The molecule has 3 N–H and O–H groups in total. The van der Waals surface area contributed by atoms with Crippen LogP contribution >= 0.6 is 11.6 Å². The molecular formula is C25H20ClFN6O2. The van der Waals surface area contributed by atoms with Gasteiger partial charge in [0.1, 0.15) is 23.0 Å². The molecule has 4 heterocycles. The number of aliphatic hydroxyl groups excluding tert-OH is 1. The van der Waals surface area contributed by atoms with Gasteiger partial charge in [0.05, 0.1) is 17.1 Å². The number of β-amino-alcohol motifs (C(OH)–C–C–N with tert-alkyl or cyclic N) is 1. The summed E-state index contributed by atoms with van der Waals surface area (Å²) in [5.74, 6) is 0.331. The molecule has 176 valence electrons. The van der Waals surface area contributed by atoms with E-state index in [1.54, 1.807) is 18.3 Å². The minimum absolute atomic E-state index is 0.243. The van der Waals surface area contributed by atoms with E-state index in [0.717, 1.165) is 17.9 Å². The number of amides is 1. The number of benzene rings is 2. The van der Waals surface area contributed by atoms with Crippen molar-refractivity contribution in [3.8, 4) is 11.1 Å². The summed E-state index contributed by atoms with van der Waals surface area (Å²) in [6.45, 7) is 1.28. The number of hydrogen-bond acceptors (Lipinski definition) is 5. The van der Waals surface area contributed by atoms with Crippen LogP contribution < -0.4 is 10.2 Å². The number of nitrogens with one attached hydrogen (secondary N) is 2. The van der Waals surface area contributed by atoms with Crippen molar-refractivity contribution in [2.24, 2.45) is 0 Å². The number of hydrogen-bond donors (Lipinski definition) is 3. The van der Waals surface area contributed by atoms with Crippen LogP contribution in [-0.2, 0) is 0 Å². The summed E-state index contributed by atoms with van der Waals surface area (Å²) in [7, 11) is 0. The summed E-state index contributed by atoms with van der Waals surface area (Å²) in [6, 6.07) is 15.4. The van der Waals surface area contributed by atoms with E-state index >= 15 is 0 Å². The van der Waals surface area contributed by atoms with Gasteiger partial charge in [-0.25, -0.2) is 14.4 Å². The molecule has 0 spiro atoms. The summed E-state index contributed by atoms with van der Waals surface area (Å²) in [5, 5.41) is 13.0. The number of aliphatic hydroxyl groups is 1. The molecule has 35 heavy (non-hydrogen) atoms. The Balaban J connectivity index is 1.26. The molecule has 0 aliphatic carbocycles. The third-order valence-corrected chi connectivity index (χ3v) is 6.32. The lowest BCUT2D eigenvalue weighted by Crippen LogP contribution is -2.23. The third kappa shape index (κ3) is 4.09. The van der Waals surface area contributed by atoms with Gasteiger partial charge in [0.2, 0.25) is 5.95 Å². The number of nitrogens with zero attached hydrogens (tertiary/aromatic N) is 4. The second kappa shape index (κ2) is 8.37. The Morgan fingerprint density at radius 3 is 2.83 bits per heavy atom. The van der Waals surface area contributed by atoms with Gasteiger partial charge >= 0.3 is 0 Å². The van der Waals surface area contributed by atoms with E-state index in [2.05, 4.69) is 25.2 Å². The zero-order valence-corrected chi connectivity index (χ0v) is 19.1. The largest absolute Gasteiger partial charge is 0.391 e. The molecule has 1 aliphatic heterocycles. The predicted molar refractivity (Wildman–Crippen MR) is 132 cm³/mol. The lowest BCUT2D eigenvalue weighted by atomic mass is 10.1. The summed E-state index contributed by atoms with van der Waals surface area (Å²) >= 11 is 5.99. The molecule has 6 rings (SSSR count). The van der Waals surface area contributed by atoms with Crippen LogP contribution in [0, 0.1) is 5.82 Å². The number of imidazole rings is 2. The first-order chi connectivity index (χ1) is 16.9. The Bertz CT molecular complexity index is 1580. The Kier molecular flexibility index (Phi) is 5.16. The Hall–Kier alpha value is -3.95. The van der Waals surface area contributed by atoms with Gasteiger partial charge in [-0.15, -0.1) is 0 Å². The van der Waals surface area contributed by atoms with E-state index in [1.165, 1.54) is 12.1 Å². The lowest BCUT2D eigenvalue weighted by molar-refractivity contribution is 0.102. The van der Waals surface area contributed by atoms with E-state index in [-0.39, 0.29) is 17.7 Å². The molecular weight excluding hydrogens is 471 g/mol. The second-order valence-corrected chi connectivity index (χ2v) is 8.99. The molecule has 1 aliphatic rings. The zero-order valence-electron chi connectivity index (χ0n) is 18.4. The van der Waals surface area contributed by atoms with Crippen molar-refractivity contribution >= 4 is 46.0 Å². The summed E-state index contributed by atoms with van der Waals surface area (Å²) < 4.78 is 15.6. The minimum Gasteiger partial charge on any atom is -0.391 e. The Morgan fingerprint density at radius 2 is 2.03 bits per heavy atom. The van der Waals surface area contributed by atoms with Crippen molar-refractivity contribution in [3.05, 3.63) is 77.3 Å². The standard InChI is InChI=1S/C25H20ClFN6O2/c26-16-8-15(9-17(27)11-16)14-4-5-19-20(10-14)30-25(29-19)31-24(35)21-13-33-22(28-21)2-1-3-23(33)32-7-6-18(34)12-32/h1-5,8-11,13,18,34H,6-7,12H2,(H2,29,30,31,35)/t18-/m1/s1. The van der Waals surface area contributed by atoms with Crippen LogP contribution in [0.5, 0.6) is 0 Å². The monoisotopic (exact) mass is 490 g/mol. The molecule has 1 saturated heterocycles. The number of anilines is 2. The summed E-state index contributed by atoms with van der Waals surface area (Å²) in [6.07, 6.45) is 2.03. The number of aromatic amines is 1. The number of fused-ring (bicyclic) bond motifs is 2. The first-order valence-electron chi connectivity index (χ1n) is 11.1. The van der Waals surface area contributed by atoms with Gasteiger partial charge < -0.3 is 15.0 Å². The van der Waals surface area contributed by atoms with E-state index in [1.807, 2.05) is 34.7 Å². The van der Waals surface area contributed by atoms with Crippen molar-refractivity contribution in [1.29, 1.82) is 0 Å². The minimum atomic E-state index is -0.415. The fourth-order valence-electron chi connectivity index (χ4n) is 4.45. The Morgan fingerprint density at radius 1 is 1.14 bits per heavy atom. The number of H-pyrrole nitrogens is 1. The molecule has 2 aromatic carbocycles. The Labute approximate surface area is 204 Å². The highest BCUT2D eigenvalue weighted by atomic mass is 35.5. The molecule has 0 unspecified atom stereocenters. The number of carbonyl (C=O) groups is 1. The first kappa shape index (κ1) is 21.6. The molecule has 1 fully saturated rings. The molecule has 10 heteroatoms. The van der Waals surface area contributed by atoms with Gasteiger partial charge in [0.15, 0.2) is 0 Å². The van der Waals surface area contributed by atoms with Gasteiger partial charge in [-0.1, -0.05) is 23.7 Å². The smallest absolute Gasteiger partial charge is 0.278 e. The SMILES string of the molecule is O=C(Nc1nc2ccc(-c3cc(F)cc(Cl)c3)cc2[nH]1)c1cn2c(N3CC[C@@H](O)C3)cccc2n1. The third-order valence-electron chi connectivity index (χ3n) is 6.10. The number of aromatic nitrogens is 4. The summed E-state index contributed by atoms with van der Waals surface area (Å²) in [5.41, 5.74) is 3.62. The van der Waals surface area contributed by atoms with Crippen LogP contribution in [0.25, 0.3) is 27.8 Å². The number of carbonyl (C=O) groups excluding carboxylic acids is 1. The van der Waals surface area contributed by atoms with Crippen LogP contribution in [0.15, 0.2) is 60.8 Å². The van der Waals surface area contributed by atoms with Crippen LogP contribution in [-0.4, -0.2) is 49.6 Å². The normalized spacial score (nSPS) is 15.9. The van der Waals surface area contributed by atoms with E-state index in [4.69, 9.17) is 11.6 Å². The highest BCUT2D eigenvalue weighted by molar-refractivity contribution is 6.30. The molecule has 8 nitrogen and oxygen atoms in total. The van der Waals surface area contributed by atoms with Crippen LogP contribution in [0.2, 0.25) is 5.02 Å². The molecule has 5 aromatic rings. The predicted octanol–water partition coefficient (Wildman–Crippen LogP) is 4.49. The van der Waals surface area contributed by atoms with E-state index in [0.29, 0.717) is 40.2 Å². The fourth-order valence-corrected chi connectivity index (χ4v) is 4.68. The summed E-state index contributed by atoms with van der Waals surface area (Å²) in [4.78, 5) is 27.0. The van der Waals surface area contributed by atoms with Crippen molar-refractivity contribution in [2.75, 3.05) is 23.3 Å². The maximum absolute atomic E-state index is 13.8. The van der Waals surface area contributed by atoms with Crippen molar-refractivity contribution in [2.45, 2.75) is 12.5 Å². The van der Waals surface area contributed by atoms with Gasteiger partial charge in [0.25, 0.3) is 5.91 Å². The number of pyridine rings is 1. The second-order valence-electron chi connectivity index (χ2n) is 8.56. The van der Waals surface area contributed by atoms with E-state index < -0.39 is 11.7 Å². The zero-order chi connectivity index (χ0) is 24.1. The highest BCUT2D eigenvalue weighted by Crippen LogP contribution is 2.28. The molecule has 3 aromatic heterocycles. The fraction of sp³-hybridized carbons (Fsp3) is 0.160. The van der Waals surface area contributed by atoms with Crippen molar-refractivity contribution < 1.29 is 14.3 Å². The van der Waals surface area contributed by atoms with Gasteiger partial charge in [-0.05, 0) is 60.0 Å². The quantitative estimate of drug-likeness (QED) is 0.345. The van der Waals surface area contributed by atoms with Crippen molar-refractivity contribution in [1.82, 2.24) is 19.4 Å². The van der Waals surface area contributed by atoms with Crippen LogP contribution in [0.4, 0.5) is 16.2 Å². The molecule has 0 bridgehead atoms. The number of halogens is 2. The van der Waals surface area contributed by atoms with Crippen LogP contribution in [0.3, 0.4) is 0 Å². The topological polar surface area (TPSA) is 98.5 Å². The average Bonchev–Trinajstić information content (AvgIpc) is 3.55. The average molecular weight is 491 g/mol. The molecule has 1 amide bonds. The molecule has 0 saturated carbocycles. The number of rotatable bonds is 4. The molecule has 1 atom stereocenters. The van der Waals surface area contributed by atoms with Crippen molar-refractivity contribution in [3.63, 3.8) is 0 Å². The molecule has 0 radical (unpaired) electrons. The van der Waals surface area contributed by atoms with E-state index in [9.17, 15) is 14.3 Å².